The molecule has 0 heterocycles. The quantitative estimate of drug-likeness (QED) is 0.597. The van der Waals surface area contributed by atoms with Crippen LogP contribution in [0.1, 0.15) is 11.1 Å². The molecule has 0 saturated carbocycles. The maximum absolute atomic E-state index is 12.1. The van der Waals surface area contributed by atoms with Gasteiger partial charge in [0.25, 0.3) is 5.91 Å². The SMILES string of the molecule is N#CC(=Cc1ccc(OCC(=O)O)cc1)C(=O)NCc1ccccc1. The fourth-order valence-corrected chi connectivity index (χ4v) is 1.99. The smallest absolute Gasteiger partial charge is 0.341 e. The van der Waals surface area contributed by atoms with Crippen LogP contribution >= 0.6 is 0 Å². The van der Waals surface area contributed by atoms with E-state index in [1.54, 1.807) is 24.3 Å². The Labute approximate surface area is 145 Å². The van der Waals surface area contributed by atoms with Crippen molar-refractivity contribution in [2.75, 3.05) is 6.61 Å². The zero-order chi connectivity index (χ0) is 18.1. The number of rotatable bonds is 7. The van der Waals surface area contributed by atoms with E-state index < -0.39 is 18.5 Å². The summed E-state index contributed by atoms with van der Waals surface area (Å²) in [6.07, 6.45) is 1.46. The highest BCUT2D eigenvalue weighted by Gasteiger charge is 2.09. The van der Waals surface area contributed by atoms with Gasteiger partial charge in [0, 0.05) is 6.54 Å². The maximum atomic E-state index is 12.1. The molecule has 0 spiro atoms. The number of nitriles is 1. The lowest BCUT2D eigenvalue weighted by atomic mass is 10.1. The minimum atomic E-state index is -1.06. The topological polar surface area (TPSA) is 99.4 Å². The lowest BCUT2D eigenvalue weighted by Gasteiger charge is -2.05. The van der Waals surface area contributed by atoms with E-state index in [0.29, 0.717) is 17.9 Å². The normalized spacial score (nSPS) is 10.6. The second-order valence-corrected chi connectivity index (χ2v) is 5.09. The van der Waals surface area contributed by atoms with Gasteiger partial charge in [-0.2, -0.15) is 5.26 Å². The van der Waals surface area contributed by atoms with Gasteiger partial charge in [0.15, 0.2) is 6.61 Å². The minimum absolute atomic E-state index is 0.0184. The third kappa shape index (κ3) is 5.84. The van der Waals surface area contributed by atoms with Crippen LogP contribution in [0.2, 0.25) is 0 Å². The number of carbonyl (C=O) groups is 2. The molecule has 1 amide bonds. The summed E-state index contributed by atoms with van der Waals surface area (Å²) in [5, 5.41) is 20.4. The minimum Gasteiger partial charge on any atom is -0.482 e. The molecule has 0 aliphatic heterocycles. The first-order chi connectivity index (χ1) is 12.1. The van der Waals surface area contributed by atoms with Gasteiger partial charge in [0.2, 0.25) is 0 Å². The monoisotopic (exact) mass is 336 g/mol. The predicted molar refractivity (Wildman–Crippen MR) is 91.5 cm³/mol. The van der Waals surface area contributed by atoms with Crippen LogP contribution < -0.4 is 10.1 Å². The number of nitrogens with one attached hydrogen (secondary N) is 1. The number of ether oxygens (including phenoxy) is 1. The van der Waals surface area contributed by atoms with E-state index in [0.717, 1.165) is 5.56 Å². The molecule has 0 bridgehead atoms. The first kappa shape index (κ1) is 17.8. The largest absolute Gasteiger partial charge is 0.482 e. The number of aliphatic carboxylic acids is 1. The van der Waals surface area contributed by atoms with Crippen molar-refractivity contribution in [3.63, 3.8) is 0 Å². The first-order valence-electron chi connectivity index (χ1n) is 7.47. The van der Waals surface area contributed by atoms with Gasteiger partial charge < -0.3 is 15.2 Å². The third-order valence-corrected chi connectivity index (χ3v) is 3.21. The highest BCUT2D eigenvalue weighted by Crippen LogP contribution is 2.14. The lowest BCUT2D eigenvalue weighted by molar-refractivity contribution is -0.139. The average Bonchev–Trinajstić information content (AvgIpc) is 2.64. The first-order valence-corrected chi connectivity index (χ1v) is 7.47. The third-order valence-electron chi connectivity index (χ3n) is 3.21. The highest BCUT2D eigenvalue weighted by molar-refractivity contribution is 6.01. The average molecular weight is 336 g/mol. The Balaban J connectivity index is 2.00. The molecule has 0 atom stereocenters. The molecule has 0 aromatic heterocycles. The van der Waals surface area contributed by atoms with Gasteiger partial charge in [-0.1, -0.05) is 42.5 Å². The summed E-state index contributed by atoms with van der Waals surface area (Å²) in [6, 6.07) is 17.7. The molecular formula is C19H16N2O4. The summed E-state index contributed by atoms with van der Waals surface area (Å²) in [5.74, 6) is -1.13. The molecule has 2 N–H and O–H groups in total. The van der Waals surface area contributed by atoms with E-state index in [2.05, 4.69) is 5.32 Å². The molecule has 126 valence electrons. The van der Waals surface area contributed by atoms with E-state index in [1.165, 1.54) is 6.08 Å². The van der Waals surface area contributed by atoms with Crippen molar-refractivity contribution >= 4 is 18.0 Å². The standard InChI is InChI=1S/C19H16N2O4/c20-11-16(19(24)21-12-15-4-2-1-3-5-15)10-14-6-8-17(9-7-14)25-13-18(22)23/h1-10H,12-13H2,(H,21,24)(H,22,23). The Hall–Kier alpha value is -3.59. The van der Waals surface area contributed by atoms with Gasteiger partial charge in [-0.25, -0.2) is 4.79 Å². The van der Waals surface area contributed by atoms with Crippen molar-refractivity contribution in [3.05, 3.63) is 71.3 Å². The fraction of sp³-hybridized carbons (Fsp3) is 0.105. The molecule has 2 aromatic carbocycles. The van der Waals surface area contributed by atoms with Crippen molar-refractivity contribution in [2.24, 2.45) is 0 Å². The number of hydrogen-bond donors (Lipinski definition) is 2. The number of amides is 1. The molecule has 6 heteroatoms. The Morgan fingerprint density at radius 3 is 2.40 bits per heavy atom. The van der Waals surface area contributed by atoms with Gasteiger partial charge in [0.1, 0.15) is 17.4 Å². The number of carboxylic acids is 1. The number of carboxylic acid groups (broad SMARTS) is 1. The molecule has 0 aliphatic carbocycles. The van der Waals surface area contributed by atoms with E-state index in [1.807, 2.05) is 36.4 Å². The van der Waals surface area contributed by atoms with Crippen LogP contribution in [-0.2, 0) is 16.1 Å². The summed E-state index contributed by atoms with van der Waals surface area (Å²) < 4.78 is 5.02. The Bertz CT molecular complexity index is 806. The zero-order valence-corrected chi connectivity index (χ0v) is 13.3. The number of nitrogens with zero attached hydrogens (tertiary/aromatic N) is 1. The molecule has 2 rings (SSSR count). The molecule has 6 nitrogen and oxygen atoms in total. The summed E-state index contributed by atoms with van der Waals surface area (Å²) in [6.45, 7) is -0.0960. The lowest BCUT2D eigenvalue weighted by Crippen LogP contribution is -2.23. The van der Waals surface area contributed by atoms with Gasteiger partial charge in [0.05, 0.1) is 0 Å². The Kier molecular flexibility index (Phi) is 6.32. The van der Waals surface area contributed by atoms with E-state index in [-0.39, 0.29) is 5.57 Å². The van der Waals surface area contributed by atoms with Crippen LogP contribution in [0.25, 0.3) is 6.08 Å². The molecule has 2 aromatic rings. The second kappa shape index (κ2) is 8.89. The molecule has 0 unspecified atom stereocenters. The fourth-order valence-electron chi connectivity index (χ4n) is 1.99. The van der Waals surface area contributed by atoms with Crippen LogP contribution in [0.15, 0.2) is 60.2 Å². The molecule has 0 saturated heterocycles. The zero-order valence-electron chi connectivity index (χ0n) is 13.3. The van der Waals surface area contributed by atoms with Gasteiger partial charge in [-0.3, -0.25) is 4.79 Å². The van der Waals surface area contributed by atoms with Crippen molar-refractivity contribution in [3.8, 4) is 11.8 Å². The number of benzene rings is 2. The maximum Gasteiger partial charge on any atom is 0.341 e. The van der Waals surface area contributed by atoms with E-state index in [9.17, 15) is 14.9 Å². The second-order valence-electron chi connectivity index (χ2n) is 5.09. The van der Waals surface area contributed by atoms with E-state index in [4.69, 9.17) is 9.84 Å². The Morgan fingerprint density at radius 2 is 1.80 bits per heavy atom. The summed E-state index contributed by atoms with van der Waals surface area (Å²) in [4.78, 5) is 22.6. The predicted octanol–water partition coefficient (Wildman–Crippen LogP) is 2.37. The summed E-state index contributed by atoms with van der Waals surface area (Å²) in [5.41, 5.74) is 1.55. The van der Waals surface area contributed by atoms with Crippen molar-refractivity contribution < 1.29 is 19.4 Å². The molecule has 0 fully saturated rings. The number of carbonyl (C=O) groups excluding carboxylic acids is 1. The van der Waals surface area contributed by atoms with Crippen molar-refractivity contribution in [1.82, 2.24) is 5.32 Å². The van der Waals surface area contributed by atoms with Gasteiger partial charge >= 0.3 is 5.97 Å². The van der Waals surface area contributed by atoms with Crippen molar-refractivity contribution in [2.45, 2.75) is 6.54 Å². The molecule has 0 radical (unpaired) electrons. The summed E-state index contributed by atoms with van der Waals surface area (Å²) in [7, 11) is 0. The van der Waals surface area contributed by atoms with Crippen molar-refractivity contribution in [1.29, 1.82) is 5.26 Å². The Morgan fingerprint density at radius 1 is 1.12 bits per heavy atom. The van der Waals surface area contributed by atoms with Crippen LogP contribution in [0.3, 0.4) is 0 Å². The van der Waals surface area contributed by atoms with Gasteiger partial charge in [-0.05, 0) is 29.3 Å². The van der Waals surface area contributed by atoms with Crippen LogP contribution in [-0.4, -0.2) is 23.6 Å². The van der Waals surface area contributed by atoms with E-state index >= 15 is 0 Å². The van der Waals surface area contributed by atoms with Crippen LogP contribution in [0.5, 0.6) is 5.75 Å². The van der Waals surface area contributed by atoms with Gasteiger partial charge in [-0.15, -0.1) is 0 Å². The summed E-state index contributed by atoms with van der Waals surface area (Å²) >= 11 is 0. The van der Waals surface area contributed by atoms with Crippen LogP contribution in [0, 0.1) is 11.3 Å². The van der Waals surface area contributed by atoms with Crippen LogP contribution in [0.4, 0.5) is 0 Å². The molecule has 0 aliphatic rings. The molecular weight excluding hydrogens is 320 g/mol. The highest BCUT2D eigenvalue weighted by atomic mass is 16.5. The number of hydrogen-bond acceptors (Lipinski definition) is 4. The molecule has 25 heavy (non-hydrogen) atoms.